The highest BCUT2D eigenvalue weighted by Crippen LogP contribution is 2.14. The van der Waals surface area contributed by atoms with Gasteiger partial charge in [0, 0.05) is 23.7 Å². The van der Waals surface area contributed by atoms with Gasteiger partial charge in [0.1, 0.15) is 18.2 Å². The van der Waals surface area contributed by atoms with Gasteiger partial charge < -0.3 is 10.1 Å². The maximum Gasteiger partial charge on any atom is 0.127 e. The van der Waals surface area contributed by atoms with Crippen molar-refractivity contribution < 1.29 is 9.13 Å². The van der Waals surface area contributed by atoms with Crippen molar-refractivity contribution in [1.29, 1.82) is 0 Å². The standard InChI is InChI=1S/C15H15ClFNO/c16-13-6-7-15(17)12(10-13)11-18-8-9-19-14-4-2-1-3-5-14/h1-7,10,18H,8-9,11H2. The highest BCUT2D eigenvalue weighted by Gasteiger charge is 2.02. The van der Waals surface area contributed by atoms with Crippen LogP contribution in [0.15, 0.2) is 48.5 Å². The van der Waals surface area contributed by atoms with E-state index >= 15 is 0 Å². The van der Waals surface area contributed by atoms with Crippen molar-refractivity contribution in [2.24, 2.45) is 0 Å². The van der Waals surface area contributed by atoms with E-state index in [1.807, 2.05) is 30.3 Å². The van der Waals surface area contributed by atoms with E-state index in [-0.39, 0.29) is 5.82 Å². The molecule has 0 aromatic heterocycles. The molecule has 2 nitrogen and oxygen atoms in total. The zero-order valence-corrected chi connectivity index (χ0v) is 11.2. The average Bonchev–Trinajstić information content (AvgIpc) is 2.43. The largest absolute Gasteiger partial charge is 0.492 e. The molecule has 19 heavy (non-hydrogen) atoms. The second kappa shape index (κ2) is 7.12. The predicted molar refractivity (Wildman–Crippen MR) is 75.1 cm³/mol. The molecule has 0 spiro atoms. The van der Waals surface area contributed by atoms with Gasteiger partial charge in [0.25, 0.3) is 0 Å². The summed E-state index contributed by atoms with van der Waals surface area (Å²) < 4.78 is 18.9. The lowest BCUT2D eigenvalue weighted by atomic mass is 10.2. The fourth-order valence-electron chi connectivity index (χ4n) is 1.66. The lowest BCUT2D eigenvalue weighted by Crippen LogP contribution is -2.21. The Balaban J connectivity index is 1.71. The van der Waals surface area contributed by atoms with Gasteiger partial charge in [-0.1, -0.05) is 29.8 Å². The SMILES string of the molecule is Fc1ccc(Cl)cc1CNCCOc1ccccc1. The van der Waals surface area contributed by atoms with Gasteiger partial charge in [-0.15, -0.1) is 0 Å². The van der Waals surface area contributed by atoms with Gasteiger partial charge in [-0.05, 0) is 30.3 Å². The molecule has 0 heterocycles. The van der Waals surface area contributed by atoms with E-state index in [9.17, 15) is 4.39 Å². The number of ether oxygens (including phenoxy) is 1. The summed E-state index contributed by atoms with van der Waals surface area (Å²) in [5, 5.41) is 3.66. The lowest BCUT2D eigenvalue weighted by molar-refractivity contribution is 0.313. The van der Waals surface area contributed by atoms with E-state index in [2.05, 4.69) is 5.32 Å². The molecule has 0 unspecified atom stereocenters. The van der Waals surface area contributed by atoms with Crippen LogP contribution in [-0.2, 0) is 6.54 Å². The molecule has 0 fully saturated rings. The van der Waals surface area contributed by atoms with Crippen LogP contribution in [-0.4, -0.2) is 13.2 Å². The first-order chi connectivity index (χ1) is 9.25. The van der Waals surface area contributed by atoms with Crippen LogP contribution < -0.4 is 10.1 Å². The molecule has 0 aliphatic carbocycles. The topological polar surface area (TPSA) is 21.3 Å². The summed E-state index contributed by atoms with van der Waals surface area (Å²) in [6.45, 7) is 1.61. The van der Waals surface area contributed by atoms with Gasteiger partial charge in [0.05, 0.1) is 0 Å². The minimum Gasteiger partial charge on any atom is -0.492 e. The summed E-state index contributed by atoms with van der Waals surface area (Å²) in [5.41, 5.74) is 0.562. The highest BCUT2D eigenvalue weighted by atomic mass is 35.5. The van der Waals surface area contributed by atoms with Crippen LogP contribution >= 0.6 is 11.6 Å². The molecule has 0 saturated heterocycles. The van der Waals surface area contributed by atoms with Gasteiger partial charge in [-0.25, -0.2) is 4.39 Å². The molecule has 2 aromatic rings. The van der Waals surface area contributed by atoms with E-state index in [1.165, 1.54) is 6.07 Å². The van der Waals surface area contributed by atoms with Crippen molar-refractivity contribution >= 4 is 11.6 Å². The van der Waals surface area contributed by atoms with Crippen LogP contribution in [0.5, 0.6) is 5.75 Å². The Morgan fingerprint density at radius 1 is 1.11 bits per heavy atom. The third kappa shape index (κ3) is 4.54. The van der Waals surface area contributed by atoms with Crippen LogP contribution in [0.3, 0.4) is 0 Å². The van der Waals surface area contributed by atoms with E-state index in [1.54, 1.807) is 12.1 Å². The zero-order valence-electron chi connectivity index (χ0n) is 10.4. The Morgan fingerprint density at radius 2 is 1.89 bits per heavy atom. The van der Waals surface area contributed by atoms with Crippen LogP contribution in [0, 0.1) is 5.82 Å². The van der Waals surface area contributed by atoms with Crippen molar-refractivity contribution in [1.82, 2.24) is 5.32 Å². The molecule has 0 amide bonds. The number of para-hydroxylation sites is 1. The van der Waals surface area contributed by atoms with E-state index in [0.29, 0.717) is 30.3 Å². The van der Waals surface area contributed by atoms with Gasteiger partial charge in [0.2, 0.25) is 0 Å². The maximum absolute atomic E-state index is 13.4. The highest BCUT2D eigenvalue weighted by molar-refractivity contribution is 6.30. The summed E-state index contributed by atoms with van der Waals surface area (Å²) in [4.78, 5) is 0. The molecule has 0 aliphatic heterocycles. The molecule has 2 rings (SSSR count). The molecule has 0 bridgehead atoms. The smallest absolute Gasteiger partial charge is 0.127 e. The van der Waals surface area contributed by atoms with Crippen molar-refractivity contribution in [3.05, 3.63) is 64.9 Å². The fraction of sp³-hybridized carbons (Fsp3) is 0.200. The molecule has 1 N–H and O–H groups in total. The van der Waals surface area contributed by atoms with Gasteiger partial charge in [-0.3, -0.25) is 0 Å². The second-order valence-electron chi connectivity index (χ2n) is 4.07. The van der Waals surface area contributed by atoms with Crippen molar-refractivity contribution in [3.8, 4) is 5.75 Å². The zero-order chi connectivity index (χ0) is 13.5. The lowest BCUT2D eigenvalue weighted by Gasteiger charge is -2.08. The number of rotatable bonds is 6. The number of hydrogen-bond acceptors (Lipinski definition) is 2. The first-order valence-electron chi connectivity index (χ1n) is 6.08. The number of hydrogen-bond donors (Lipinski definition) is 1. The summed E-state index contributed by atoms with van der Waals surface area (Å²) in [7, 11) is 0. The fourth-order valence-corrected chi connectivity index (χ4v) is 1.85. The monoisotopic (exact) mass is 279 g/mol. The summed E-state index contributed by atoms with van der Waals surface area (Å²) in [6.07, 6.45) is 0. The normalized spacial score (nSPS) is 10.4. The molecule has 4 heteroatoms. The Morgan fingerprint density at radius 3 is 2.68 bits per heavy atom. The molecule has 0 aliphatic rings. The van der Waals surface area contributed by atoms with Crippen LogP contribution in [0.2, 0.25) is 5.02 Å². The van der Waals surface area contributed by atoms with E-state index in [0.717, 1.165) is 5.75 Å². The molecule has 0 atom stereocenters. The quantitative estimate of drug-likeness (QED) is 0.815. The van der Waals surface area contributed by atoms with Gasteiger partial charge in [-0.2, -0.15) is 0 Å². The Bertz CT molecular complexity index is 519. The molecule has 100 valence electrons. The van der Waals surface area contributed by atoms with E-state index in [4.69, 9.17) is 16.3 Å². The first kappa shape index (κ1) is 13.8. The summed E-state index contributed by atoms with van der Waals surface area (Å²) in [6, 6.07) is 14.1. The molecular weight excluding hydrogens is 265 g/mol. The first-order valence-corrected chi connectivity index (χ1v) is 6.46. The van der Waals surface area contributed by atoms with Crippen molar-refractivity contribution in [2.45, 2.75) is 6.54 Å². The summed E-state index contributed by atoms with van der Waals surface area (Å²) >= 11 is 5.82. The Labute approximate surface area is 117 Å². The van der Waals surface area contributed by atoms with Gasteiger partial charge >= 0.3 is 0 Å². The predicted octanol–water partition coefficient (Wildman–Crippen LogP) is 3.65. The third-order valence-corrected chi connectivity index (χ3v) is 2.85. The number of nitrogens with one attached hydrogen (secondary N) is 1. The number of benzene rings is 2. The van der Waals surface area contributed by atoms with Crippen LogP contribution in [0.4, 0.5) is 4.39 Å². The molecule has 0 saturated carbocycles. The summed E-state index contributed by atoms with van der Waals surface area (Å²) in [5.74, 6) is 0.583. The minimum atomic E-state index is -0.249. The van der Waals surface area contributed by atoms with E-state index < -0.39 is 0 Å². The Kier molecular flexibility index (Phi) is 5.19. The second-order valence-corrected chi connectivity index (χ2v) is 4.51. The van der Waals surface area contributed by atoms with Gasteiger partial charge in [0.15, 0.2) is 0 Å². The third-order valence-electron chi connectivity index (χ3n) is 2.61. The molecular formula is C15H15ClFNO. The molecule has 0 radical (unpaired) electrons. The number of halogens is 2. The average molecular weight is 280 g/mol. The molecule has 2 aromatic carbocycles. The maximum atomic E-state index is 13.4. The van der Waals surface area contributed by atoms with Crippen molar-refractivity contribution in [2.75, 3.05) is 13.2 Å². The Hall–Kier alpha value is -1.58. The van der Waals surface area contributed by atoms with Crippen LogP contribution in [0.25, 0.3) is 0 Å². The van der Waals surface area contributed by atoms with Crippen molar-refractivity contribution in [3.63, 3.8) is 0 Å². The van der Waals surface area contributed by atoms with Crippen LogP contribution in [0.1, 0.15) is 5.56 Å². The minimum absolute atomic E-state index is 0.249.